The van der Waals surface area contributed by atoms with Gasteiger partial charge in [0.2, 0.25) is 0 Å². The van der Waals surface area contributed by atoms with Gasteiger partial charge in [0.25, 0.3) is 0 Å². The molecule has 2 aromatic rings. The summed E-state index contributed by atoms with van der Waals surface area (Å²) < 4.78 is 16.6. The molecule has 0 aliphatic carbocycles. The molecule has 2 N–H and O–H groups in total. The zero-order valence-corrected chi connectivity index (χ0v) is 16.8. The highest BCUT2D eigenvalue weighted by Gasteiger charge is 2.33. The van der Waals surface area contributed by atoms with Gasteiger partial charge in [-0.1, -0.05) is 42.5 Å². The molecule has 0 aromatic heterocycles. The van der Waals surface area contributed by atoms with Gasteiger partial charge >= 0.3 is 5.97 Å². The number of hydrogen-bond donors (Lipinski definition) is 2. The first-order chi connectivity index (χ1) is 13.5. The summed E-state index contributed by atoms with van der Waals surface area (Å²) in [6.07, 6.45) is 0. The second-order valence-corrected chi connectivity index (χ2v) is 6.62. The molecule has 1 atom stereocenters. The number of carbonyl (C=O) groups excluding carboxylic acids is 1. The molecule has 0 amide bonds. The van der Waals surface area contributed by atoms with E-state index in [1.807, 2.05) is 48.5 Å². The highest BCUT2D eigenvalue weighted by molar-refractivity contribution is 7.80. The Kier molecular flexibility index (Phi) is 6.16. The van der Waals surface area contributed by atoms with Crippen molar-refractivity contribution in [3.8, 4) is 11.5 Å². The predicted octanol–water partition coefficient (Wildman–Crippen LogP) is 3.24. The Balaban J connectivity index is 2.03. The van der Waals surface area contributed by atoms with Gasteiger partial charge in [0.1, 0.15) is 6.61 Å². The van der Waals surface area contributed by atoms with E-state index < -0.39 is 12.0 Å². The number of para-hydroxylation sites is 1. The standard InChI is InChI=1S/C21H22N2O4S/c1-13-17(20(24)26-3)18(23-21(28)22-13)15-10-7-11-16(25-2)19(15)27-12-14-8-5-4-6-9-14/h4-11,18H,12H2,1-3H3,(H2,22,23,28)/t18-/m0/s1. The molecule has 28 heavy (non-hydrogen) atoms. The second kappa shape index (κ2) is 8.75. The summed E-state index contributed by atoms with van der Waals surface area (Å²) in [4.78, 5) is 12.4. The number of methoxy groups -OCH3 is 2. The molecule has 2 aromatic carbocycles. The van der Waals surface area contributed by atoms with Crippen LogP contribution < -0.4 is 20.1 Å². The van der Waals surface area contributed by atoms with Gasteiger partial charge in [0.15, 0.2) is 16.6 Å². The maximum atomic E-state index is 12.4. The molecule has 0 unspecified atom stereocenters. The fourth-order valence-corrected chi connectivity index (χ4v) is 3.38. The van der Waals surface area contributed by atoms with Crippen LogP contribution in [0.2, 0.25) is 0 Å². The number of rotatable bonds is 6. The van der Waals surface area contributed by atoms with Gasteiger partial charge < -0.3 is 24.8 Å². The minimum Gasteiger partial charge on any atom is -0.493 e. The van der Waals surface area contributed by atoms with Crippen molar-refractivity contribution in [3.05, 3.63) is 70.9 Å². The quantitative estimate of drug-likeness (QED) is 0.572. The van der Waals surface area contributed by atoms with Gasteiger partial charge in [-0.15, -0.1) is 0 Å². The van der Waals surface area contributed by atoms with Crippen LogP contribution in [0, 0.1) is 0 Å². The Hall–Kier alpha value is -3.06. The molecule has 3 rings (SSSR count). The number of thiocarbonyl (C=S) groups is 1. The Morgan fingerprint density at radius 1 is 1.11 bits per heavy atom. The summed E-state index contributed by atoms with van der Waals surface area (Å²) in [5, 5.41) is 6.54. The summed E-state index contributed by atoms with van der Waals surface area (Å²) in [6.45, 7) is 2.15. The Morgan fingerprint density at radius 2 is 1.86 bits per heavy atom. The molecule has 1 heterocycles. The van der Waals surface area contributed by atoms with Crippen LogP contribution in [0.15, 0.2) is 59.8 Å². The molecule has 0 saturated heterocycles. The molecule has 146 valence electrons. The number of esters is 1. The van der Waals surface area contributed by atoms with Gasteiger partial charge in [-0.3, -0.25) is 0 Å². The predicted molar refractivity (Wildman–Crippen MR) is 110 cm³/mol. The first-order valence-corrected chi connectivity index (χ1v) is 9.16. The first-order valence-electron chi connectivity index (χ1n) is 8.75. The van der Waals surface area contributed by atoms with Crippen molar-refractivity contribution in [1.29, 1.82) is 0 Å². The largest absolute Gasteiger partial charge is 0.493 e. The number of ether oxygens (including phenoxy) is 3. The molecule has 6 nitrogen and oxygen atoms in total. The zero-order valence-electron chi connectivity index (χ0n) is 15.9. The van der Waals surface area contributed by atoms with E-state index in [9.17, 15) is 4.79 Å². The molecule has 1 aliphatic heterocycles. The number of hydrogen-bond acceptors (Lipinski definition) is 5. The van der Waals surface area contributed by atoms with E-state index in [1.54, 1.807) is 14.0 Å². The number of benzene rings is 2. The maximum absolute atomic E-state index is 12.4. The molecule has 7 heteroatoms. The van der Waals surface area contributed by atoms with E-state index in [0.29, 0.717) is 34.5 Å². The van der Waals surface area contributed by atoms with Crippen LogP contribution >= 0.6 is 12.2 Å². The van der Waals surface area contributed by atoms with Crippen molar-refractivity contribution in [1.82, 2.24) is 10.6 Å². The van der Waals surface area contributed by atoms with Crippen molar-refractivity contribution in [2.24, 2.45) is 0 Å². The van der Waals surface area contributed by atoms with Crippen LogP contribution in [0.1, 0.15) is 24.1 Å². The minimum atomic E-state index is -0.526. The van der Waals surface area contributed by atoms with Crippen LogP contribution in [0.4, 0.5) is 0 Å². The average molecular weight is 398 g/mol. The molecular formula is C21H22N2O4S. The van der Waals surface area contributed by atoms with Gasteiger partial charge in [-0.05, 0) is 30.8 Å². The van der Waals surface area contributed by atoms with E-state index in [1.165, 1.54) is 7.11 Å². The van der Waals surface area contributed by atoms with Crippen molar-refractivity contribution in [2.75, 3.05) is 14.2 Å². The fraction of sp³-hybridized carbons (Fsp3) is 0.238. The first kappa shape index (κ1) is 19.7. The smallest absolute Gasteiger partial charge is 0.337 e. The van der Waals surface area contributed by atoms with Gasteiger partial charge in [-0.2, -0.15) is 0 Å². The monoisotopic (exact) mass is 398 g/mol. The second-order valence-electron chi connectivity index (χ2n) is 6.21. The lowest BCUT2D eigenvalue weighted by molar-refractivity contribution is -0.136. The van der Waals surface area contributed by atoms with Crippen molar-refractivity contribution in [3.63, 3.8) is 0 Å². The van der Waals surface area contributed by atoms with Crippen LogP contribution in [-0.2, 0) is 16.1 Å². The third-order valence-electron chi connectivity index (χ3n) is 4.44. The molecule has 0 fully saturated rings. The van der Waals surface area contributed by atoms with Crippen LogP contribution in [0.25, 0.3) is 0 Å². The van der Waals surface area contributed by atoms with Gasteiger partial charge in [0.05, 0.1) is 25.8 Å². The number of carbonyl (C=O) groups is 1. The Bertz CT molecular complexity index is 912. The molecule has 1 aliphatic rings. The Morgan fingerprint density at radius 3 is 2.54 bits per heavy atom. The minimum absolute atomic E-state index is 0.361. The van der Waals surface area contributed by atoms with Crippen LogP contribution in [0.5, 0.6) is 11.5 Å². The third kappa shape index (κ3) is 4.09. The van der Waals surface area contributed by atoms with Gasteiger partial charge in [-0.25, -0.2) is 4.79 Å². The molecule has 0 saturated carbocycles. The lowest BCUT2D eigenvalue weighted by atomic mass is 9.94. The van der Waals surface area contributed by atoms with Crippen LogP contribution in [-0.4, -0.2) is 25.3 Å². The van der Waals surface area contributed by atoms with Crippen LogP contribution in [0.3, 0.4) is 0 Å². The van der Waals surface area contributed by atoms with Crippen molar-refractivity contribution in [2.45, 2.75) is 19.6 Å². The molecule has 0 radical (unpaired) electrons. The summed E-state index contributed by atoms with van der Waals surface area (Å²) >= 11 is 5.30. The summed E-state index contributed by atoms with van der Waals surface area (Å²) in [5.41, 5.74) is 2.83. The SMILES string of the molecule is COC(=O)C1=C(C)NC(=S)N[C@H]1c1cccc(OC)c1OCc1ccccc1. The lowest BCUT2D eigenvalue weighted by Gasteiger charge is -2.31. The number of allylic oxidation sites excluding steroid dienone is 1. The highest BCUT2D eigenvalue weighted by atomic mass is 32.1. The summed E-state index contributed by atoms with van der Waals surface area (Å²) in [6, 6.07) is 14.8. The summed E-state index contributed by atoms with van der Waals surface area (Å²) in [7, 11) is 2.93. The highest BCUT2D eigenvalue weighted by Crippen LogP contribution is 2.39. The molecule has 0 bridgehead atoms. The third-order valence-corrected chi connectivity index (χ3v) is 4.66. The maximum Gasteiger partial charge on any atom is 0.337 e. The van der Waals surface area contributed by atoms with E-state index in [0.717, 1.165) is 11.1 Å². The van der Waals surface area contributed by atoms with E-state index in [2.05, 4.69) is 10.6 Å². The fourth-order valence-electron chi connectivity index (χ4n) is 3.11. The lowest BCUT2D eigenvalue weighted by Crippen LogP contribution is -2.45. The number of nitrogens with one attached hydrogen (secondary N) is 2. The van der Waals surface area contributed by atoms with Gasteiger partial charge in [0, 0.05) is 11.3 Å². The van der Waals surface area contributed by atoms with Crippen molar-refractivity contribution >= 4 is 23.3 Å². The van der Waals surface area contributed by atoms with E-state index >= 15 is 0 Å². The summed E-state index contributed by atoms with van der Waals surface area (Å²) in [5.74, 6) is 0.675. The van der Waals surface area contributed by atoms with E-state index in [-0.39, 0.29) is 0 Å². The normalized spacial score (nSPS) is 16.1. The molecule has 0 spiro atoms. The zero-order chi connectivity index (χ0) is 20.1. The average Bonchev–Trinajstić information content (AvgIpc) is 2.71. The van der Waals surface area contributed by atoms with Crippen molar-refractivity contribution < 1.29 is 19.0 Å². The molecular weight excluding hydrogens is 376 g/mol. The topological polar surface area (TPSA) is 68.8 Å². The van der Waals surface area contributed by atoms with E-state index in [4.69, 9.17) is 26.4 Å². The Labute approximate surface area is 169 Å².